The molecular formula is C13H18BrClN2O. The van der Waals surface area contributed by atoms with Crippen LogP contribution in [0.25, 0.3) is 0 Å². The zero-order valence-electron chi connectivity index (χ0n) is 10.6. The van der Waals surface area contributed by atoms with E-state index in [1.807, 2.05) is 19.1 Å². The summed E-state index contributed by atoms with van der Waals surface area (Å²) in [4.78, 5) is 11.7. The summed E-state index contributed by atoms with van der Waals surface area (Å²) in [5.41, 5.74) is 0.820. The fourth-order valence-corrected chi connectivity index (χ4v) is 2.23. The Kier molecular flexibility index (Phi) is 6.50. The first kappa shape index (κ1) is 15.3. The van der Waals surface area contributed by atoms with Crippen molar-refractivity contribution in [2.45, 2.75) is 32.7 Å². The fraction of sp³-hybridized carbons (Fsp3) is 0.462. The first-order valence-electron chi connectivity index (χ1n) is 6.01. The molecule has 100 valence electrons. The van der Waals surface area contributed by atoms with Crippen LogP contribution in [-0.2, 0) is 4.79 Å². The van der Waals surface area contributed by atoms with Gasteiger partial charge in [0.25, 0.3) is 0 Å². The third-order valence-corrected chi connectivity index (χ3v) is 3.92. The third kappa shape index (κ3) is 4.86. The molecule has 0 saturated carbocycles. The van der Waals surface area contributed by atoms with Crippen molar-refractivity contribution < 1.29 is 4.79 Å². The number of hydrogen-bond donors (Lipinski definition) is 2. The number of amides is 1. The molecular weight excluding hydrogens is 316 g/mol. The van der Waals surface area contributed by atoms with Crippen LogP contribution in [-0.4, -0.2) is 18.5 Å². The lowest BCUT2D eigenvalue weighted by molar-refractivity contribution is -0.120. The number of nitrogens with one attached hydrogen (secondary N) is 2. The number of carbonyl (C=O) groups is 1. The SMILES string of the molecule is CCCC(C)NC(=O)CNc1cccc(Cl)c1Br. The van der Waals surface area contributed by atoms with Crippen molar-refractivity contribution in [3.8, 4) is 0 Å². The first-order valence-corrected chi connectivity index (χ1v) is 7.19. The van der Waals surface area contributed by atoms with Crippen LogP contribution in [0, 0.1) is 0 Å². The molecule has 0 aliphatic heterocycles. The third-order valence-electron chi connectivity index (χ3n) is 2.52. The van der Waals surface area contributed by atoms with E-state index in [0.29, 0.717) is 5.02 Å². The molecule has 0 aliphatic carbocycles. The van der Waals surface area contributed by atoms with Gasteiger partial charge in [-0.3, -0.25) is 4.79 Å². The summed E-state index contributed by atoms with van der Waals surface area (Å²) >= 11 is 9.35. The van der Waals surface area contributed by atoms with Crippen molar-refractivity contribution in [3.63, 3.8) is 0 Å². The Labute approximate surface area is 121 Å². The highest BCUT2D eigenvalue weighted by Crippen LogP contribution is 2.29. The number of hydrogen-bond acceptors (Lipinski definition) is 2. The lowest BCUT2D eigenvalue weighted by Crippen LogP contribution is -2.36. The summed E-state index contributed by atoms with van der Waals surface area (Å²) in [5, 5.41) is 6.62. The van der Waals surface area contributed by atoms with Crippen molar-refractivity contribution in [1.29, 1.82) is 0 Å². The minimum absolute atomic E-state index is 0.0113. The van der Waals surface area contributed by atoms with Crippen molar-refractivity contribution in [1.82, 2.24) is 5.32 Å². The van der Waals surface area contributed by atoms with Gasteiger partial charge in [-0.25, -0.2) is 0 Å². The van der Waals surface area contributed by atoms with Gasteiger partial charge in [-0.2, -0.15) is 0 Å². The summed E-state index contributed by atoms with van der Waals surface area (Å²) in [6, 6.07) is 5.72. The molecule has 0 saturated heterocycles. The molecule has 1 unspecified atom stereocenters. The van der Waals surface area contributed by atoms with Crippen LogP contribution in [0.5, 0.6) is 0 Å². The van der Waals surface area contributed by atoms with Crippen LogP contribution in [0.3, 0.4) is 0 Å². The van der Waals surface area contributed by atoms with E-state index < -0.39 is 0 Å². The fourth-order valence-electron chi connectivity index (χ4n) is 1.65. The molecule has 1 aromatic carbocycles. The molecule has 0 radical (unpaired) electrons. The average Bonchev–Trinajstić information content (AvgIpc) is 2.31. The highest BCUT2D eigenvalue weighted by Gasteiger charge is 2.08. The second-order valence-corrected chi connectivity index (χ2v) is 5.41. The van der Waals surface area contributed by atoms with Gasteiger partial charge in [0.2, 0.25) is 5.91 Å². The molecule has 1 amide bonds. The van der Waals surface area contributed by atoms with E-state index >= 15 is 0 Å². The Balaban J connectivity index is 2.45. The van der Waals surface area contributed by atoms with Gasteiger partial charge in [0, 0.05) is 6.04 Å². The Morgan fingerprint density at radius 1 is 1.50 bits per heavy atom. The van der Waals surface area contributed by atoms with E-state index in [2.05, 4.69) is 33.5 Å². The van der Waals surface area contributed by atoms with Gasteiger partial charge in [-0.1, -0.05) is 31.0 Å². The summed E-state index contributed by atoms with van der Waals surface area (Å²) in [5.74, 6) is -0.0113. The Hall–Kier alpha value is -0.740. The molecule has 1 atom stereocenters. The maximum absolute atomic E-state index is 11.7. The Morgan fingerprint density at radius 2 is 2.22 bits per heavy atom. The van der Waals surface area contributed by atoms with Crippen molar-refractivity contribution in [2.24, 2.45) is 0 Å². The molecule has 0 bridgehead atoms. The maximum Gasteiger partial charge on any atom is 0.239 e. The standard InChI is InChI=1S/C13H18BrClN2O/c1-3-5-9(2)17-12(18)8-16-11-7-4-6-10(15)13(11)14/h4,6-7,9,16H,3,5,8H2,1-2H3,(H,17,18). The van der Waals surface area contributed by atoms with E-state index in [0.717, 1.165) is 23.0 Å². The summed E-state index contributed by atoms with van der Waals surface area (Å²) in [6.07, 6.45) is 2.06. The largest absolute Gasteiger partial charge is 0.375 e. The maximum atomic E-state index is 11.7. The van der Waals surface area contributed by atoms with E-state index in [1.165, 1.54) is 0 Å². The Bertz CT molecular complexity index is 412. The van der Waals surface area contributed by atoms with Crippen LogP contribution < -0.4 is 10.6 Å². The first-order chi connectivity index (χ1) is 8.54. The smallest absolute Gasteiger partial charge is 0.239 e. The highest BCUT2D eigenvalue weighted by atomic mass is 79.9. The van der Waals surface area contributed by atoms with Crippen LogP contribution in [0.1, 0.15) is 26.7 Å². The topological polar surface area (TPSA) is 41.1 Å². The number of rotatable bonds is 6. The number of halogens is 2. The van der Waals surface area contributed by atoms with E-state index in [9.17, 15) is 4.79 Å². The second-order valence-electron chi connectivity index (χ2n) is 4.21. The number of benzene rings is 1. The molecule has 0 fully saturated rings. The Morgan fingerprint density at radius 3 is 2.89 bits per heavy atom. The summed E-state index contributed by atoms with van der Waals surface area (Å²) in [6.45, 7) is 4.35. The van der Waals surface area contributed by atoms with Gasteiger partial charge in [-0.05, 0) is 41.4 Å². The van der Waals surface area contributed by atoms with Gasteiger partial charge < -0.3 is 10.6 Å². The van der Waals surface area contributed by atoms with Crippen LogP contribution in [0.15, 0.2) is 22.7 Å². The molecule has 1 rings (SSSR count). The molecule has 18 heavy (non-hydrogen) atoms. The van der Waals surface area contributed by atoms with E-state index in [1.54, 1.807) is 6.07 Å². The quantitative estimate of drug-likeness (QED) is 0.831. The summed E-state index contributed by atoms with van der Waals surface area (Å²) < 4.78 is 0.779. The normalized spacial score (nSPS) is 12.0. The predicted molar refractivity (Wildman–Crippen MR) is 80.2 cm³/mol. The van der Waals surface area contributed by atoms with Crippen molar-refractivity contribution in [3.05, 3.63) is 27.7 Å². The van der Waals surface area contributed by atoms with Crippen LogP contribution >= 0.6 is 27.5 Å². The van der Waals surface area contributed by atoms with Gasteiger partial charge in [0.05, 0.1) is 21.7 Å². The molecule has 0 spiro atoms. The molecule has 2 N–H and O–H groups in total. The summed E-state index contributed by atoms with van der Waals surface area (Å²) in [7, 11) is 0. The molecule has 0 heterocycles. The predicted octanol–water partition coefficient (Wildman–Crippen LogP) is 3.82. The van der Waals surface area contributed by atoms with Crippen LogP contribution in [0.4, 0.5) is 5.69 Å². The van der Waals surface area contributed by atoms with Crippen molar-refractivity contribution in [2.75, 3.05) is 11.9 Å². The molecule has 3 nitrogen and oxygen atoms in total. The second kappa shape index (κ2) is 7.64. The van der Waals surface area contributed by atoms with Gasteiger partial charge in [0.1, 0.15) is 0 Å². The zero-order chi connectivity index (χ0) is 13.5. The van der Waals surface area contributed by atoms with Crippen molar-refractivity contribution >= 4 is 39.1 Å². The molecule has 0 aromatic heterocycles. The average molecular weight is 334 g/mol. The highest BCUT2D eigenvalue weighted by molar-refractivity contribution is 9.10. The van der Waals surface area contributed by atoms with Gasteiger partial charge in [0.15, 0.2) is 0 Å². The lowest BCUT2D eigenvalue weighted by atomic mass is 10.2. The monoisotopic (exact) mass is 332 g/mol. The van der Waals surface area contributed by atoms with E-state index in [-0.39, 0.29) is 18.5 Å². The van der Waals surface area contributed by atoms with Gasteiger partial charge >= 0.3 is 0 Å². The van der Waals surface area contributed by atoms with Crippen LogP contribution in [0.2, 0.25) is 5.02 Å². The zero-order valence-corrected chi connectivity index (χ0v) is 12.9. The minimum Gasteiger partial charge on any atom is -0.375 e. The minimum atomic E-state index is -0.0113. The molecule has 1 aromatic rings. The molecule has 0 aliphatic rings. The van der Waals surface area contributed by atoms with Gasteiger partial charge in [-0.15, -0.1) is 0 Å². The molecule has 5 heteroatoms. The number of carbonyl (C=O) groups excluding carboxylic acids is 1. The van der Waals surface area contributed by atoms with E-state index in [4.69, 9.17) is 11.6 Å². The number of anilines is 1. The lowest BCUT2D eigenvalue weighted by Gasteiger charge is -2.14.